The SMILES string of the molecule is COc1cc(C(=O)NCCCOCc2ccccc2)ccc1OC(F)F. The van der Waals surface area contributed by atoms with Gasteiger partial charge in [-0.25, -0.2) is 0 Å². The lowest BCUT2D eigenvalue weighted by molar-refractivity contribution is -0.0512. The number of benzene rings is 2. The Labute approximate surface area is 150 Å². The minimum atomic E-state index is -2.96. The molecule has 0 unspecified atom stereocenters. The predicted octanol–water partition coefficient (Wildman–Crippen LogP) is 3.63. The Morgan fingerprint density at radius 3 is 2.58 bits per heavy atom. The van der Waals surface area contributed by atoms with Gasteiger partial charge in [0.1, 0.15) is 0 Å². The molecule has 0 aliphatic heterocycles. The summed E-state index contributed by atoms with van der Waals surface area (Å²) < 4.78 is 39.4. The molecule has 1 N–H and O–H groups in total. The van der Waals surface area contributed by atoms with Crippen LogP contribution in [0.4, 0.5) is 8.78 Å². The zero-order chi connectivity index (χ0) is 18.8. The van der Waals surface area contributed by atoms with E-state index in [0.29, 0.717) is 31.7 Å². The molecule has 1 amide bonds. The van der Waals surface area contributed by atoms with Gasteiger partial charge in [0.25, 0.3) is 5.91 Å². The third-order valence-corrected chi connectivity index (χ3v) is 3.50. The summed E-state index contributed by atoms with van der Waals surface area (Å²) in [6.45, 7) is -1.48. The Kier molecular flexibility index (Phi) is 7.82. The lowest BCUT2D eigenvalue weighted by Gasteiger charge is -2.11. The van der Waals surface area contributed by atoms with Crippen molar-refractivity contribution in [3.63, 3.8) is 0 Å². The molecular weight excluding hydrogens is 344 g/mol. The van der Waals surface area contributed by atoms with Gasteiger partial charge in [0, 0.05) is 18.7 Å². The molecule has 0 atom stereocenters. The number of carbonyl (C=O) groups excluding carboxylic acids is 1. The first-order valence-electron chi connectivity index (χ1n) is 8.13. The molecule has 0 spiro atoms. The second kappa shape index (κ2) is 10.4. The van der Waals surface area contributed by atoms with Crippen LogP contribution < -0.4 is 14.8 Å². The van der Waals surface area contributed by atoms with Crippen LogP contribution in [0, 0.1) is 0 Å². The second-order valence-electron chi connectivity index (χ2n) is 5.39. The van der Waals surface area contributed by atoms with Crippen LogP contribution in [0.5, 0.6) is 11.5 Å². The molecule has 7 heteroatoms. The molecule has 2 aromatic carbocycles. The molecular formula is C19H21F2NO4. The van der Waals surface area contributed by atoms with Gasteiger partial charge in [-0.05, 0) is 30.2 Å². The fourth-order valence-corrected chi connectivity index (χ4v) is 2.24. The molecule has 0 aliphatic carbocycles. The summed E-state index contributed by atoms with van der Waals surface area (Å²) in [6.07, 6.45) is 0.655. The van der Waals surface area contributed by atoms with Gasteiger partial charge in [-0.2, -0.15) is 8.78 Å². The summed E-state index contributed by atoms with van der Waals surface area (Å²) in [5.74, 6) is -0.368. The van der Waals surface area contributed by atoms with Crippen molar-refractivity contribution < 1.29 is 27.8 Å². The Bertz CT molecular complexity index is 695. The van der Waals surface area contributed by atoms with Crippen LogP contribution in [0.3, 0.4) is 0 Å². The predicted molar refractivity (Wildman–Crippen MR) is 92.7 cm³/mol. The molecule has 2 rings (SSSR count). The van der Waals surface area contributed by atoms with E-state index >= 15 is 0 Å². The van der Waals surface area contributed by atoms with Gasteiger partial charge < -0.3 is 19.5 Å². The minimum absolute atomic E-state index is 0.0733. The third-order valence-electron chi connectivity index (χ3n) is 3.50. The van der Waals surface area contributed by atoms with Crippen LogP contribution in [0.25, 0.3) is 0 Å². The van der Waals surface area contributed by atoms with E-state index in [-0.39, 0.29) is 17.4 Å². The topological polar surface area (TPSA) is 56.8 Å². The zero-order valence-electron chi connectivity index (χ0n) is 14.4. The number of carbonyl (C=O) groups is 1. The van der Waals surface area contributed by atoms with Crippen molar-refractivity contribution in [2.45, 2.75) is 19.6 Å². The molecule has 0 saturated heterocycles. The summed E-state index contributed by atoms with van der Waals surface area (Å²) in [4.78, 5) is 12.1. The van der Waals surface area contributed by atoms with Crippen LogP contribution >= 0.6 is 0 Å². The van der Waals surface area contributed by atoms with E-state index in [4.69, 9.17) is 9.47 Å². The van der Waals surface area contributed by atoms with Gasteiger partial charge in [0.15, 0.2) is 11.5 Å². The quantitative estimate of drug-likeness (QED) is 0.653. The number of alkyl halides is 2. The van der Waals surface area contributed by atoms with Gasteiger partial charge in [-0.3, -0.25) is 4.79 Å². The molecule has 0 bridgehead atoms. The summed E-state index contributed by atoms with van der Waals surface area (Å²) in [7, 11) is 1.32. The molecule has 0 aromatic heterocycles. The lowest BCUT2D eigenvalue weighted by atomic mass is 10.2. The van der Waals surface area contributed by atoms with E-state index in [0.717, 1.165) is 5.56 Å². The van der Waals surface area contributed by atoms with Gasteiger partial charge in [-0.15, -0.1) is 0 Å². The average Bonchev–Trinajstić information content (AvgIpc) is 2.65. The van der Waals surface area contributed by atoms with Crippen molar-refractivity contribution in [3.05, 3.63) is 59.7 Å². The number of methoxy groups -OCH3 is 1. The van der Waals surface area contributed by atoms with Gasteiger partial charge in [0.05, 0.1) is 13.7 Å². The highest BCUT2D eigenvalue weighted by Crippen LogP contribution is 2.29. The number of halogens is 2. The van der Waals surface area contributed by atoms with Gasteiger partial charge >= 0.3 is 6.61 Å². The van der Waals surface area contributed by atoms with Crippen LogP contribution in [-0.2, 0) is 11.3 Å². The first kappa shape index (κ1) is 19.7. The highest BCUT2D eigenvalue weighted by molar-refractivity contribution is 5.94. The van der Waals surface area contributed by atoms with Gasteiger partial charge in [-0.1, -0.05) is 30.3 Å². The molecule has 0 saturated carbocycles. The van der Waals surface area contributed by atoms with Crippen molar-refractivity contribution in [1.82, 2.24) is 5.32 Å². The number of ether oxygens (including phenoxy) is 3. The number of amides is 1. The average molecular weight is 365 g/mol. The molecule has 0 heterocycles. The number of nitrogens with one attached hydrogen (secondary N) is 1. The van der Waals surface area contributed by atoms with Gasteiger partial charge in [0.2, 0.25) is 0 Å². The molecule has 0 fully saturated rings. The molecule has 5 nitrogen and oxygen atoms in total. The smallest absolute Gasteiger partial charge is 0.387 e. The fourth-order valence-electron chi connectivity index (χ4n) is 2.24. The third kappa shape index (κ3) is 6.33. The molecule has 140 valence electrons. The minimum Gasteiger partial charge on any atom is -0.493 e. The summed E-state index contributed by atoms with van der Waals surface area (Å²) in [6, 6.07) is 13.9. The molecule has 0 aliphatic rings. The number of hydrogen-bond acceptors (Lipinski definition) is 4. The standard InChI is InChI=1S/C19H21F2NO4/c1-24-17-12-15(8-9-16(17)26-19(20)21)18(23)22-10-5-11-25-13-14-6-3-2-4-7-14/h2-4,6-9,12,19H,5,10-11,13H2,1H3,(H,22,23). The maximum absolute atomic E-state index is 12.3. The van der Waals surface area contributed by atoms with Crippen molar-refractivity contribution in [3.8, 4) is 11.5 Å². The van der Waals surface area contributed by atoms with Crippen molar-refractivity contribution >= 4 is 5.91 Å². The van der Waals surface area contributed by atoms with E-state index in [2.05, 4.69) is 10.1 Å². The summed E-state index contributed by atoms with van der Waals surface area (Å²) in [5, 5.41) is 2.75. The van der Waals surface area contributed by atoms with Crippen molar-refractivity contribution in [2.24, 2.45) is 0 Å². The van der Waals surface area contributed by atoms with Crippen LogP contribution in [0.1, 0.15) is 22.3 Å². The van der Waals surface area contributed by atoms with E-state index in [1.54, 1.807) is 0 Å². The number of rotatable bonds is 10. The Morgan fingerprint density at radius 1 is 1.12 bits per heavy atom. The monoisotopic (exact) mass is 365 g/mol. The molecule has 2 aromatic rings. The first-order chi connectivity index (χ1) is 12.6. The first-order valence-corrected chi connectivity index (χ1v) is 8.13. The van der Waals surface area contributed by atoms with Crippen molar-refractivity contribution in [2.75, 3.05) is 20.3 Å². The van der Waals surface area contributed by atoms with Crippen LogP contribution in [0.15, 0.2) is 48.5 Å². The molecule has 0 radical (unpaired) electrons. The van der Waals surface area contributed by atoms with E-state index in [1.165, 1.54) is 25.3 Å². The summed E-state index contributed by atoms with van der Waals surface area (Å²) >= 11 is 0. The van der Waals surface area contributed by atoms with E-state index in [9.17, 15) is 13.6 Å². The maximum atomic E-state index is 12.3. The Hall–Kier alpha value is -2.67. The largest absolute Gasteiger partial charge is 0.493 e. The van der Waals surface area contributed by atoms with E-state index in [1.807, 2.05) is 30.3 Å². The highest BCUT2D eigenvalue weighted by atomic mass is 19.3. The van der Waals surface area contributed by atoms with E-state index < -0.39 is 6.61 Å². The Morgan fingerprint density at radius 2 is 1.88 bits per heavy atom. The Balaban J connectivity index is 1.73. The number of hydrogen-bond donors (Lipinski definition) is 1. The fraction of sp³-hybridized carbons (Fsp3) is 0.316. The van der Waals surface area contributed by atoms with Crippen molar-refractivity contribution in [1.29, 1.82) is 0 Å². The lowest BCUT2D eigenvalue weighted by Crippen LogP contribution is -2.25. The summed E-state index contributed by atoms with van der Waals surface area (Å²) in [5.41, 5.74) is 1.39. The normalized spacial score (nSPS) is 10.6. The maximum Gasteiger partial charge on any atom is 0.387 e. The highest BCUT2D eigenvalue weighted by Gasteiger charge is 2.13. The van der Waals surface area contributed by atoms with Crippen LogP contribution in [0.2, 0.25) is 0 Å². The van der Waals surface area contributed by atoms with Crippen LogP contribution in [-0.4, -0.2) is 32.8 Å². The zero-order valence-corrected chi connectivity index (χ0v) is 14.4. The molecule has 26 heavy (non-hydrogen) atoms. The second-order valence-corrected chi connectivity index (χ2v) is 5.39.